The van der Waals surface area contributed by atoms with Crippen LogP contribution in [0.4, 0.5) is 0 Å². The van der Waals surface area contributed by atoms with Gasteiger partial charge in [0.15, 0.2) is 12.0 Å². The molecule has 12 heavy (non-hydrogen) atoms. The molecule has 4 heteroatoms. The summed E-state index contributed by atoms with van der Waals surface area (Å²) in [7, 11) is 1.66. The first-order valence-corrected chi connectivity index (χ1v) is 4.44. The van der Waals surface area contributed by atoms with Crippen LogP contribution in [0.25, 0.3) is 0 Å². The Bertz CT molecular complexity index is 174. The van der Waals surface area contributed by atoms with Crippen molar-refractivity contribution in [2.24, 2.45) is 0 Å². The summed E-state index contributed by atoms with van der Waals surface area (Å²) in [4.78, 5) is 15.7. The van der Waals surface area contributed by atoms with E-state index in [1.807, 2.05) is 12.0 Å². The summed E-state index contributed by atoms with van der Waals surface area (Å²) in [6.07, 6.45) is 4.31. The molecular weight excluding hydrogens is 158 g/mol. The highest BCUT2D eigenvalue weighted by Gasteiger charge is 2.48. The van der Waals surface area contributed by atoms with E-state index < -0.39 is 0 Å². The van der Waals surface area contributed by atoms with Crippen molar-refractivity contribution in [1.82, 2.24) is 5.06 Å². The summed E-state index contributed by atoms with van der Waals surface area (Å²) in [6, 6.07) is 0. The lowest BCUT2D eigenvalue weighted by atomic mass is 10.1. The van der Waals surface area contributed by atoms with Crippen molar-refractivity contribution in [1.29, 1.82) is 0 Å². The van der Waals surface area contributed by atoms with Crippen LogP contribution >= 0.6 is 0 Å². The monoisotopic (exact) mass is 173 g/mol. The SMILES string of the molecule is CON1C2CCCCC1(C)OO2. The van der Waals surface area contributed by atoms with E-state index in [4.69, 9.17) is 14.6 Å². The summed E-state index contributed by atoms with van der Waals surface area (Å²) in [5.41, 5.74) is -0.365. The fraction of sp³-hybridized carbons (Fsp3) is 1.00. The number of rotatable bonds is 1. The molecule has 4 nitrogen and oxygen atoms in total. The third kappa shape index (κ3) is 1.15. The van der Waals surface area contributed by atoms with Crippen LogP contribution in [0.3, 0.4) is 0 Å². The Morgan fingerprint density at radius 3 is 3.08 bits per heavy atom. The van der Waals surface area contributed by atoms with E-state index in [1.165, 1.54) is 12.8 Å². The number of fused-ring (bicyclic) bond motifs is 2. The van der Waals surface area contributed by atoms with Crippen molar-refractivity contribution in [2.75, 3.05) is 7.11 Å². The van der Waals surface area contributed by atoms with E-state index in [-0.39, 0.29) is 12.0 Å². The van der Waals surface area contributed by atoms with E-state index in [0.717, 1.165) is 12.8 Å². The van der Waals surface area contributed by atoms with Crippen molar-refractivity contribution in [3.63, 3.8) is 0 Å². The Morgan fingerprint density at radius 1 is 1.50 bits per heavy atom. The van der Waals surface area contributed by atoms with Gasteiger partial charge in [0.25, 0.3) is 0 Å². The van der Waals surface area contributed by atoms with Crippen LogP contribution in [-0.2, 0) is 14.6 Å². The molecule has 2 rings (SSSR count). The molecule has 70 valence electrons. The normalized spacial score (nSPS) is 43.0. The second-order valence-electron chi connectivity index (χ2n) is 3.56. The molecule has 2 bridgehead atoms. The minimum absolute atomic E-state index is 0.0116. The van der Waals surface area contributed by atoms with Gasteiger partial charge in [-0.2, -0.15) is 0 Å². The fourth-order valence-electron chi connectivity index (χ4n) is 1.94. The lowest BCUT2D eigenvalue weighted by molar-refractivity contribution is -0.333. The lowest BCUT2D eigenvalue weighted by Gasteiger charge is -2.28. The number of hydrogen-bond acceptors (Lipinski definition) is 4. The first-order chi connectivity index (χ1) is 5.76. The first-order valence-electron chi connectivity index (χ1n) is 4.44. The van der Waals surface area contributed by atoms with Gasteiger partial charge in [-0.1, -0.05) is 0 Å². The number of nitrogens with zero attached hydrogens (tertiary/aromatic N) is 1. The van der Waals surface area contributed by atoms with Crippen LogP contribution in [0.15, 0.2) is 0 Å². The molecule has 0 N–H and O–H groups in total. The molecule has 2 saturated heterocycles. The first kappa shape index (κ1) is 8.44. The average molecular weight is 173 g/mol. The van der Waals surface area contributed by atoms with Crippen LogP contribution in [0.1, 0.15) is 32.6 Å². The Kier molecular flexibility index (Phi) is 2.08. The minimum Gasteiger partial charge on any atom is -0.297 e. The molecule has 2 heterocycles. The molecule has 0 amide bonds. The minimum atomic E-state index is -0.365. The Labute approximate surface area is 72.3 Å². The molecule has 2 atom stereocenters. The van der Waals surface area contributed by atoms with Gasteiger partial charge in [-0.15, -0.1) is 5.06 Å². The molecule has 0 aromatic heterocycles. The van der Waals surface area contributed by atoms with Crippen molar-refractivity contribution in [2.45, 2.75) is 44.6 Å². The molecule has 0 aromatic rings. The largest absolute Gasteiger partial charge is 0.297 e. The maximum absolute atomic E-state index is 5.25. The van der Waals surface area contributed by atoms with Gasteiger partial charge in [0, 0.05) is 0 Å². The Morgan fingerprint density at radius 2 is 2.33 bits per heavy atom. The maximum Gasteiger partial charge on any atom is 0.178 e. The summed E-state index contributed by atoms with van der Waals surface area (Å²) in [5.74, 6) is 0. The predicted octanol–water partition coefficient (Wildman–Crippen LogP) is 1.43. The van der Waals surface area contributed by atoms with Gasteiger partial charge in [0.05, 0.1) is 7.11 Å². The van der Waals surface area contributed by atoms with E-state index in [2.05, 4.69) is 0 Å². The Hall–Kier alpha value is -0.160. The number of hydrogen-bond donors (Lipinski definition) is 0. The maximum atomic E-state index is 5.25. The highest BCUT2D eigenvalue weighted by molar-refractivity contribution is 4.79. The second-order valence-corrected chi connectivity index (χ2v) is 3.56. The summed E-state index contributed by atoms with van der Waals surface area (Å²) in [6.45, 7) is 2.00. The van der Waals surface area contributed by atoms with Gasteiger partial charge in [-0.05, 0) is 32.6 Å². The Balaban J connectivity index is 2.18. The third-order valence-corrected chi connectivity index (χ3v) is 2.60. The molecule has 0 saturated carbocycles. The molecule has 2 unspecified atom stereocenters. The zero-order chi connectivity index (χ0) is 8.60. The van der Waals surface area contributed by atoms with Crippen LogP contribution in [-0.4, -0.2) is 24.1 Å². The summed E-state index contributed by atoms with van der Waals surface area (Å²) < 4.78 is 0. The highest BCUT2D eigenvalue weighted by atomic mass is 17.2. The average Bonchev–Trinajstić information content (AvgIpc) is 2.24. The van der Waals surface area contributed by atoms with Gasteiger partial charge >= 0.3 is 0 Å². The van der Waals surface area contributed by atoms with Crippen LogP contribution in [0.2, 0.25) is 0 Å². The zero-order valence-corrected chi connectivity index (χ0v) is 7.58. The summed E-state index contributed by atoms with van der Waals surface area (Å²) in [5, 5.41) is 1.82. The highest BCUT2D eigenvalue weighted by Crippen LogP contribution is 2.38. The van der Waals surface area contributed by atoms with Crippen molar-refractivity contribution < 1.29 is 14.6 Å². The molecule has 0 radical (unpaired) electrons. The van der Waals surface area contributed by atoms with Gasteiger partial charge in [0.2, 0.25) is 0 Å². The van der Waals surface area contributed by atoms with Crippen LogP contribution < -0.4 is 0 Å². The zero-order valence-electron chi connectivity index (χ0n) is 7.58. The van der Waals surface area contributed by atoms with Crippen LogP contribution in [0, 0.1) is 0 Å². The summed E-state index contributed by atoms with van der Waals surface area (Å²) >= 11 is 0. The van der Waals surface area contributed by atoms with E-state index >= 15 is 0 Å². The molecule has 0 spiro atoms. The van der Waals surface area contributed by atoms with E-state index in [1.54, 1.807) is 7.11 Å². The van der Waals surface area contributed by atoms with Gasteiger partial charge < -0.3 is 0 Å². The van der Waals surface area contributed by atoms with Gasteiger partial charge in [0.1, 0.15) is 0 Å². The molecule has 0 aliphatic carbocycles. The van der Waals surface area contributed by atoms with Crippen LogP contribution in [0.5, 0.6) is 0 Å². The third-order valence-electron chi connectivity index (χ3n) is 2.60. The van der Waals surface area contributed by atoms with Crippen molar-refractivity contribution in [3.05, 3.63) is 0 Å². The van der Waals surface area contributed by atoms with Gasteiger partial charge in [-0.25, -0.2) is 9.78 Å². The molecule has 2 aliphatic rings. The van der Waals surface area contributed by atoms with E-state index in [0.29, 0.717) is 0 Å². The quantitative estimate of drug-likeness (QED) is 0.561. The second kappa shape index (κ2) is 2.96. The predicted molar refractivity (Wildman–Crippen MR) is 41.7 cm³/mol. The number of hydroxylamine groups is 2. The molecule has 2 aliphatic heterocycles. The molecule has 0 aromatic carbocycles. The topological polar surface area (TPSA) is 30.9 Å². The van der Waals surface area contributed by atoms with Gasteiger partial charge in [-0.3, -0.25) is 4.84 Å². The molecule has 2 fully saturated rings. The fourth-order valence-corrected chi connectivity index (χ4v) is 1.94. The van der Waals surface area contributed by atoms with Crippen molar-refractivity contribution >= 4 is 0 Å². The standard InChI is InChI=1S/C8H15NO3/c1-8-6-4-3-5-7(11-12-8)9(8)10-2/h7H,3-6H2,1-2H3. The van der Waals surface area contributed by atoms with E-state index in [9.17, 15) is 0 Å². The molecular formula is C8H15NO3. The lowest BCUT2D eigenvalue weighted by Crippen LogP contribution is -2.43. The smallest absolute Gasteiger partial charge is 0.178 e. The van der Waals surface area contributed by atoms with Crippen molar-refractivity contribution in [3.8, 4) is 0 Å².